The Bertz CT molecular complexity index is 579. The molecule has 0 saturated heterocycles. The van der Waals surface area contributed by atoms with E-state index in [0.29, 0.717) is 6.54 Å². The van der Waals surface area contributed by atoms with Crippen LogP contribution in [0.3, 0.4) is 0 Å². The molecule has 3 rings (SSSR count). The van der Waals surface area contributed by atoms with Gasteiger partial charge in [-0.05, 0) is 23.8 Å². The van der Waals surface area contributed by atoms with Gasteiger partial charge in [-0.15, -0.1) is 0 Å². The zero-order valence-electron chi connectivity index (χ0n) is 11.8. The number of nitrogens with two attached hydrogens (primary N) is 1. The summed E-state index contributed by atoms with van der Waals surface area (Å²) in [5.74, 6) is 0. The molecule has 4 nitrogen and oxygen atoms in total. The summed E-state index contributed by atoms with van der Waals surface area (Å²) in [6.07, 6.45) is 1.87. The molecule has 0 unspecified atom stereocenters. The van der Waals surface area contributed by atoms with E-state index in [9.17, 15) is 0 Å². The van der Waals surface area contributed by atoms with Crippen LogP contribution in [0, 0.1) is 0 Å². The van der Waals surface area contributed by atoms with Gasteiger partial charge in [-0.1, -0.05) is 18.2 Å². The summed E-state index contributed by atoms with van der Waals surface area (Å²) < 4.78 is 0. The van der Waals surface area contributed by atoms with Gasteiger partial charge in [-0.2, -0.15) is 0 Å². The van der Waals surface area contributed by atoms with Crippen LogP contribution in [0.25, 0.3) is 0 Å². The lowest BCUT2D eigenvalue weighted by molar-refractivity contribution is 0.724. The predicted octanol–water partition coefficient (Wildman–Crippen LogP) is 2.00. The SMILES string of the molecule is CN1CCN(Cc2ccc(CN)cn2)c2ccccc21. The molecule has 104 valence electrons. The minimum absolute atomic E-state index is 0.546. The smallest absolute Gasteiger partial charge is 0.0608 e. The summed E-state index contributed by atoms with van der Waals surface area (Å²) in [5.41, 5.74) is 10.3. The molecular weight excluding hydrogens is 248 g/mol. The third-order valence-corrected chi connectivity index (χ3v) is 3.81. The molecule has 0 aliphatic carbocycles. The number of pyridine rings is 1. The Hall–Kier alpha value is -2.07. The van der Waals surface area contributed by atoms with Crippen LogP contribution >= 0.6 is 0 Å². The number of para-hydroxylation sites is 2. The van der Waals surface area contributed by atoms with Crippen LogP contribution < -0.4 is 15.5 Å². The number of aromatic nitrogens is 1. The Kier molecular flexibility index (Phi) is 3.56. The molecule has 2 heterocycles. The standard InChI is InChI=1S/C16H20N4/c1-19-8-9-20(16-5-3-2-4-15(16)19)12-14-7-6-13(10-17)11-18-14/h2-7,11H,8-10,12,17H2,1H3. The van der Waals surface area contributed by atoms with Gasteiger partial charge in [0.05, 0.1) is 23.6 Å². The Morgan fingerprint density at radius 3 is 2.60 bits per heavy atom. The summed E-state index contributed by atoms with van der Waals surface area (Å²) in [7, 11) is 2.14. The number of fused-ring (bicyclic) bond motifs is 1. The van der Waals surface area contributed by atoms with Crippen molar-refractivity contribution in [1.82, 2.24) is 4.98 Å². The molecule has 0 atom stereocenters. The highest BCUT2D eigenvalue weighted by molar-refractivity contribution is 5.73. The number of hydrogen-bond donors (Lipinski definition) is 1. The van der Waals surface area contributed by atoms with Crippen LogP contribution in [0.5, 0.6) is 0 Å². The van der Waals surface area contributed by atoms with E-state index in [1.54, 1.807) is 0 Å². The van der Waals surface area contributed by atoms with Gasteiger partial charge < -0.3 is 15.5 Å². The lowest BCUT2D eigenvalue weighted by Gasteiger charge is -2.36. The van der Waals surface area contributed by atoms with E-state index in [2.05, 4.69) is 58.2 Å². The van der Waals surface area contributed by atoms with Crippen molar-refractivity contribution in [3.05, 3.63) is 53.9 Å². The first kappa shape index (κ1) is 12.9. The van der Waals surface area contributed by atoms with Crippen LogP contribution in [-0.4, -0.2) is 25.1 Å². The Morgan fingerprint density at radius 2 is 1.90 bits per heavy atom. The van der Waals surface area contributed by atoms with Crippen LogP contribution in [-0.2, 0) is 13.1 Å². The summed E-state index contributed by atoms with van der Waals surface area (Å²) in [5, 5.41) is 0. The molecule has 1 aliphatic heterocycles. The first-order valence-corrected chi connectivity index (χ1v) is 6.97. The van der Waals surface area contributed by atoms with Gasteiger partial charge in [0.1, 0.15) is 0 Å². The van der Waals surface area contributed by atoms with Crippen LogP contribution in [0.4, 0.5) is 11.4 Å². The highest BCUT2D eigenvalue weighted by Gasteiger charge is 2.19. The highest BCUT2D eigenvalue weighted by atomic mass is 15.3. The van der Waals surface area contributed by atoms with E-state index in [-0.39, 0.29) is 0 Å². The fraction of sp³-hybridized carbons (Fsp3) is 0.312. The van der Waals surface area contributed by atoms with Crippen molar-refractivity contribution < 1.29 is 0 Å². The molecule has 2 aromatic rings. The average molecular weight is 268 g/mol. The molecule has 0 spiro atoms. The first-order valence-electron chi connectivity index (χ1n) is 6.97. The fourth-order valence-electron chi connectivity index (χ4n) is 2.60. The van der Waals surface area contributed by atoms with Crippen LogP contribution in [0.2, 0.25) is 0 Å². The number of benzene rings is 1. The van der Waals surface area contributed by atoms with Crippen LogP contribution in [0.15, 0.2) is 42.6 Å². The molecule has 2 N–H and O–H groups in total. The van der Waals surface area contributed by atoms with Crippen molar-refractivity contribution >= 4 is 11.4 Å². The van der Waals surface area contributed by atoms with Gasteiger partial charge in [0.2, 0.25) is 0 Å². The second-order valence-corrected chi connectivity index (χ2v) is 5.19. The van der Waals surface area contributed by atoms with E-state index in [1.807, 2.05) is 6.20 Å². The van der Waals surface area contributed by atoms with Crippen molar-refractivity contribution in [2.45, 2.75) is 13.1 Å². The molecule has 0 fully saturated rings. The maximum absolute atomic E-state index is 5.61. The molecule has 0 radical (unpaired) electrons. The lowest BCUT2D eigenvalue weighted by atomic mass is 10.1. The third-order valence-electron chi connectivity index (χ3n) is 3.81. The van der Waals surface area contributed by atoms with Crippen LogP contribution in [0.1, 0.15) is 11.3 Å². The molecular formula is C16H20N4. The minimum Gasteiger partial charge on any atom is -0.371 e. The minimum atomic E-state index is 0.546. The summed E-state index contributed by atoms with van der Waals surface area (Å²) in [6, 6.07) is 12.7. The molecule has 0 amide bonds. The number of rotatable bonds is 3. The third kappa shape index (κ3) is 2.47. The predicted molar refractivity (Wildman–Crippen MR) is 82.9 cm³/mol. The van der Waals surface area contributed by atoms with Gasteiger partial charge in [-0.25, -0.2) is 0 Å². The second kappa shape index (κ2) is 5.51. The molecule has 20 heavy (non-hydrogen) atoms. The Balaban J connectivity index is 1.82. The van der Waals surface area contributed by atoms with Crippen molar-refractivity contribution in [2.24, 2.45) is 5.73 Å². The number of anilines is 2. The normalized spacial score (nSPS) is 14.3. The quantitative estimate of drug-likeness (QED) is 0.925. The van der Waals surface area contributed by atoms with Crippen molar-refractivity contribution in [2.75, 3.05) is 29.9 Å². The zero-order valence-corrected chi connectivity index (χ0v) is 11.8. The highest BCUT2D eigenvalue weighted by Crippen LogP contribution is 2.32. The molecule has 0 saturated carbocycles. The number of likely N-dealkylation sites (N-methyl/N-ethyl adjacent to an activating group) is 1. The molecule has 1 aromatic heterocycles. The van der Waals surface area contributed by atoms with Gasteiger partial charge in [0.25, 0.3) is 0 Å². The van der Waals surface area contributed by atoms with Gasteiger partial charge in [0, 0.05) is 32.9 Å². The first-order chi connectivity index (χ1) is 9.78. The maximum atomic E-state index is 5.61. The Labute approximate surface area is 119 Å². The zero-order chi connectivity index (χ0) is 13.9. The van der Waals surface area contributed by atoms with Gasteiger partial charge in [-0.3, -0.25) is 4.98 Å². The number of hydrogen-bond acceptors (Lipinski definition) is 4. The lowest BCUT2D eigenvalue weighted by Crippen LogP contribution is -2.38. The van der Waals surface area contributed by atoms with Gasteiger partial charge in [0.15, 0.2) is 0 Å². The molecule has 4 heteroatoms. The molecule has 1 aliphatic rings. The van der Waals surface area contributed by atoms with E-state index in [4.69, 9.17) is 5.73 Å². The van der Waals surface area contributed by atoms with Crippen molar-refractivity contribution in [3.8, 4) is 0 Å². The fourth-order valence-corrected chi connectivity index (χ4v) is 2.60. The van der Waals surface area contributed by atoms with Crippen molar-refractivity contribution in [1.29, 1.82) is 0 Å². The Morgan fingerprint density at radius 1 is 1.10 bits per heavy atom. The average Bonchev–Trinajstić information content (AvgIpc) is 2.51. The monoisotopic (exact) mass is 268 g/mol. The summed E-state index contributed by atoms with van der Waals surface area (Å²) in [6.45, 7) is 3.45. The summed E-state index contributed by atoms with van der Waals surface area (Å²) >= 11 is 0. The second-order valence-electron chi connectivity index (χ2n) is 5.19. The summed E-state index contributed by atoms with van der Waals surface area (Å²) in [4.78, 5) is 9.19. The van der Waals surface area contributed by atoms with E-state index in [1.165, 1.54) is 11.4 Å². The van der Waals surface area contributed by atoms with E-state index < -0.39 is 0 Å². The van der Waals surface area contributed by atoms with E-state index in [0.717, 1.165) is 30.9 Å². The van der Waals surface area contributed by atoms with Gasteiger partial charge >= 0.3 is 0 Å². The van der Waals surface area contributed by atoms with E-state index >= 15 is 0 Å². The molecule has 0 bridgehead atoms. The van der Waals surface area contributed by atoms with Crippen molar-refractivity contribution in [3.63, 3.8) is 0 Å². The topological polar surface area (TPSA) is 45.4 Å². The number of nitrogens with zero attached hydrogens (tertiary/aromatic N) is 3. The maximum Gasteiger partial charge on any atom is 0.0608 e. The molecule has 1 aromatic carbocycles. The largest absolute Gasteiger partial charge is 0.371 e.